The summed E-state index contributed by atoms with van der Waals surface area (Å²) in [5, 5.41) is 14.5. The molecule has 0 spiro atoms. The van der Waals surface area contributed by atoms with Crippen molar-refractivity contribution in [3.05, 3.63) is 57.6 Å². The molecule has 6 heteroatoms. The zero-order chi connectivity index (χ0) is 16.8. The minimum Gasteiger partial charge on any atom is -0.483 e. The molecule has 0 saturated heterocycles. The molecule has 5 nitrogen and oxygen atoms in total. The van der Waals surface area contributed by atoms with E-state index in [4.69, 9.17) is 9.94 Å². The highest BCUT2D eigenvalue weighted by Gasteiger charge is 2.08. The highest BCUT2D eigenvalue weighted by molar-refractivity contribution is 9.10. The number of benzene rings is 2. The second-order valence-corrected chi connectivity index (χ2v) is 6.00. The van der Waals surface area contributed by atoms with Crippen molar-refractivity contribution in [3.63, 3.8) is 0 Å². The van der Waals surface area contributed by atoms with Crippen LogP contribution in [0.25, 0.3) is 0 Å². The summed E-state index contributed by atoms with van der Waals surface area (Å²) in [5.41, 5.74) is 3.40. The van der Waals surface area contributed by atoms with Crippen molar-refractivity contribution < 1.29 is 14.7 Å². The number of carbonyl (C=O) groups excluding carboxylic acids is 1. The van der Waals surface area contributed by atoms with Gasteiger partial charge in [-0.25, -0.2) is 0 Å². The van der Waals surface area contributed by atoms with Gasteiger partial charge in [-0.1, -0.05) is 33.2 Å². The third-order valence-corrected chi connectivity index (χ3v) is 3.69. The summed E-state index contributed by atoms with van der Waals surface area (Å²) in [4.78, 5) is 12.1. The monoisotopic (exact) mass is 376 g/mol. The molecule has 120 valence electrons. The number of oxime groups is 1. The number of halogens is 1. The van der Waals surface area contributed by atoms with Crippen molar-refractivity contribution in [2.45, 2.75) is 13.8 Å². The lowest BCUT2D eigenvalue weighted by atomic mass is 10.1. The van der Waals surface area contributed by atoms with Gasteiger partial charge in [0.2, 0.25) is 0 Å². The van der Waals surface area contributed by atoms with Crippen LogP contribution in [0.15, 0.2) is 46.0 Å². The van der Waals surface area contributed by atoms with Gasteiger partial charge in [0, 0.05) is 15.7 Å². The zero-order valence-electron chi connectivity index (χ0n) is 12.8. The lowest BCUT2D eigenvalue weighted by Crippen LogP contribution is -2.21. The molecule has 2 aromatic rings. The van der Waals surface area contributed by atoms with Crippen LogP contribution in [-0.4, -0.2) is 23.9 Å². The second kappa shape index (κ2) is 7.78. The van der Waals surface area contributed by atoms with Gasteiger partial charge in [-0.15, -0.1) is 0 Å². The van der Waals surface area contributed by atoms with Gasteiger partial charge in [0.25, 0.3) is 5.91 Å². The van der Waals surface area contributed by atoms with E-state index >= 15 is 0 Å². The first-order valence-corrected chi connectivity index (χ1v) is 7.76. The fourth-order valence-corrected chi connectivity index (χ4v) is 2.39. The predicted molar refractivity (Wildman–Crippen MR) is 93.6 cm³/mol. The van der Waals surface area contributed by atoms with Gasteiger partial charge in [0.1, 0.15) is 5.75 Å². The van der Waals surface area contributed by atoms with Crippen LogP contribution in [0.5, 0.6) is 5.75 Å². The summed E-state index contributed by atoms with van der Waals surface area (Å²) >= 11 is 3.33. The molecule has 0 unspecified atom stereocenters. The summed E-state index contributed by atoms with van der Waals surface area (Å²) in [6.45, 7) is 3.76. The van der Waals surface area contributed by atoms with E-state index in [1.165, 1.54) is 6.21 Å². The topological polar surface area (TPSA) is 70.9 Å². The van der Waals surface area contributed by atoms with Crippen molar-refractivity contribution >= 4 is 33.7 Å². The summed E-state index contributed by atoms with van der Waals surface area (Å²) in [5.74, 6) is 0.204. The van der Waals surface area contributed by atoms with E-state index in [0.29, 0.717) is 11.3 Å². The summed E-state index contributed by atoms with van der Waals surface area (Å²) < 4.78 is 6.33. The Morgan fingerprint density at radius 1 is 1.30 bits per heavy atom. The minimum atomic E-state index is -0.256. The van der Waals surface area contributed by atoms with Crippen LogP contribution in [0.1, 0.15) is 16.7 Å². The van der Waals surface area contributed by atoms with E-state index in [2.05, 4.69) is 26.4 Å². The zero-order valence-corrected chi connectivity index (χ0v) is 14.4. The van der Waals surface area contributed by atoms with Crippen molar-refractivity contribution in [1.29, 1.82) is 0 Å². The Bertz CT molecular complexity index is 745. The molecule has 0 atom stereocenters. The van der Waals surface area contributed by atoms with Gasteiger partial charge in [-0.05, 0) is 49.2 Å². The van der Waals surface area contributed by atoms with Crippen LogP contribution in [0.2, 0.25) is 0 Å². The Morgan fingerprint density at radius 3 is 2.83 bits per heavy atom. The van der Waals surface area contributed by atoms with Crippen molar-refractivity contribution in [2.24, 2.45) is 5.16 Å². The number of anilines is 1. The highest BCUT2D eigenvalue weighted by Crippen LogP contribution is 2.22. The Hall–Kier alpha value is -2.34. The molecule has 0 heterocycles. The maximum atomic E-state index is 12.1. The minimum absolute atomic E-state index is 0.138. The van der Waals surface area contributed by atoms with Gasteiger partial charge in [0.05, 0.1) is 6.21 Å². The molecule has 0 aromatic heterocycles. The third kappa shape index (κ3) is 4.82. The van der Waals surface area contributed by atoms with Crippen LogP contribution in [-0.2, 0) is 4.79 Å². The SMILES string of the molecule is Cc1ccc(C)c(NC(=O)COc2ccc(Br)cc2/C=N/O)c1. The van der Waals surface area contributed by atoms with E-state index < -0.39 is 0 Å². The Morgan fingerprint density at radius 2 is 2.09 bits per heavy atom. The Balaban J connectivity index is 2.03. The number of hydrogen-bond donors (Lipinski definition) is 2. The lowest BCUT2D eigenvalue weighted by molar-refractivity contribution is -0.118. The first kappa shape index (κ1) is 17.0. The molecule has 0 aliphatic rings. The standard InChI is InChI=1S/C17H17BrN2O3/c1-11-3-4-12(2)15(7-11)20-17(21)10-23-16-6-5-14(18)8-13(16)9-19-22/h3-9,22H,10H2,1-2H3,(H,20,21)/b19-9+. The van der Waals surface area contributed by atoms with E-state index in [9.17, 15) is 4.79 Å². The van der Waals surface area contributed by atoms with Crippen molar-refractivity contribution in [1.82, 2.24) is 0 Å². The second-order valence-electron chi connectivity index (χ2n) is 5.08. The van der Waals surface area contributed by atoms with Gasteiger partial charge in [-0.2, -0.15) is 0 Å². The summed E-state index contributed by atoms with van der Waals surface area (Å²) in [6.07, 6.45) is 1.25. The molecule has 1 amide bonds. The number of nitrogens with zero attached hydrogens (tertiary/aromatic N) is 1. The molecule has 23 heavy (non-hydrogen) atoms. The van der Waals surface area contributed by atoms with Crippen molar-refractivity contribution in [2.75, 3.05) is 11.9 Å². The maximum Gasteiger partial charge on any atom is 0.262 e. The number of carbonyl (C=O) groups is 1. The fraction of sp³-hybridized carbons (Fsp3) is 0.176. The molecule has 0 bridgehead atoms. The van der Waals surface area contributed by atoms with Crippen LogP contribution < -0.4 is 10.1 Å². The average Bonchev–Trinajstić information content (AvgIpc) is 2.50. The number of nitrogens with one attached hydrogen (secondary N) is 1. The first-order valence-electron chi connectivity index (χ1n) is 6.96. The van der Waals surface area contributed by atoms with Gasteiger partial charge < -0.3 is 15.3 Å². The largest absolute Gasteiger partial charge is 0.483 e. The molecule has 0 radical (unpaired) electrons. The predicted octanol–water partition coefficient (Wildman–Crippen LogP) is 3.89. The van der Waals surface area contributed by atoms with E-state index in [1.807, 2.05) is 32.0 Å². The van der Waals surface area contributed by atoms with Crippen LogP contribution in [0.3, 0.4) is 0 Å². The normalized spacial score (nSPS) is 10.7. The van der Waals surface area contributed by atoms with E-state index in [0.717, 1.165) is 21.3 Å². The first-order chi connectivity index (χ1) is 11.0. The van der Waals surface area contributed by atoms with Crippen molar-refractivity contribution in [3.8, 4) is 5.75 Å². The van der Waals surface area contributed by atoms with E-state index in [1.54, 1.807) is 18.2 Å². The van der Waals surface area contributed by atoms with Gasteiger partial charge >= 0.3 is 0 Å². The van der Waals surface area contributed by atoms with Gasteiger partial charge in [-0.3, -0.25) is 4.79 Å². The molecule has 2 aromatic carbocycles. The molecule has 0 aliphatic carbocycles. The molecule has 0 saturated carbocycles. The number of amides is 1. The molecule has 2 rings (SSSR count). The molecule has 0 fully saturated rings. The number of hydrogen-bond acceptors (Lipinski definition) is 4. The number of ether oxygens (including phenoxy) is 1. The van der Waals surface area contributed by atoms with E-state index in [-0.39, 0.29) is 12.5 Å². The van der Waals surface area contributed by atoms with Gasteiger partial charge in [0.15, 0.2) is 6.61 Å². The smallest absolute Gasteiger partial charge is 0.262 e. The number of aryl methyl sites for hydroxylation is 2. The lowest BCUT2D eigenvalue weighted by Gasteiger charge is -2.11. The molecular weight excluding hydrogens is 360 g/mol. The fourth-order valence-electron chi connectivity index (χ4n) is 2.01. The quantitative estimate of drug-likeness (QED) is 0.472. The summed E-state index contributed by atoms with van der Waals surface area (Å²) in [6, 6.07) is 11.1. The molecule has 0 aliphatic heterocycles. The Kier molecular flexibility index (Phi) is 5.76. The third-order valence-electron chi connectivity index (χ3n) is 3.19. The molecular formula is C17H17BrN2O3. The Labute approximate surface area is 143 Å². The molecule has 2 N–H and O–H groups in total. The average molecular weight is 377 g/mol. The highest BCUT2D eigenvalue weighted by atomic mass is 79.9. The summed E-state index contributed by atoms with van der Waals surface area (Å²) in [7, 11) is 0. The van der Waals surface area contributed by atoms with Crippen LogP contribution in [0.4, 0.5) is 5.69 Å². The van der Waals surface area contributed by atoms with Crippen LogP contribution in [0, 0.1) is 13.8 Å². The number of rotatable bonds is 5. The maximum absolute atomic E-state index is 12.1. The van der Waals surface area contributed by atoms with Crippen LogP contribution >= 0.6 is 15.9 Å².